The molecule has 2 aromatic carbocycles. The standard InChI is InChI=1S/C23H29N3O2/c1-16(2)25-11-13-26(14-12-25)19-10-6-9-18(15-19)21-20(22(21)23(27)24-28)17-7-4-3-5-8-17/h3-10,15-16,20-22,28H,11-14H2,1-2H3,(H,24,27). The van der Waals surface area contributed by atoms with Crippen molar-refractivity contribution in [1.82, 2.24) is 10.4 Å². The summed E-state index contributed by atoms with van der Waals surface area (Å²) in [5.41, 5.74) is 5.41. The maximum absolute atomic E-state index is 12.3. The average Bonchev–Trinajstić information content (AvgIpc) is 3.50. The second-order valence-corrected chi connectivity index (χ2v) is 8.18. The van der Waals surface area contributed by atoms with Crippen molar-refractivity contribution < 1.29 is 10.0 Å². The van der Waals surface area contributed by atoms with Crippen LogP contribution in [-0.2, 0) is 4.79 Å². The fourth-order valence-electron chi connectivity index (χ4n) is 4.64. The third kappa shape index (κ3) is 3.64. The molecule has 1 saturated carbocycles. The molecule has 1 aliphatic carbocycles. The van der Waals surface area contributed by atoms with Crippen molar-refractivity contribution in [2.24, 2.45) is 5.92 Å². The Balaban J connectivity index is 1.54. The van der Waals surface area contributed by atoms with Crippen molar-refractivity contribution in [3.8, 4) is 0 Å². The number of rotatable bonds is 5. The lowest BCUT2D eigenvalue weighted by molar-refractivity contribution is -0.130. The molecule has 0 radical (unpaired) electrons. The Morgan fingerprint density at radius 2 is 1.61 bits per heavy atom. The van der Waals surface area contributed by atoms with E-state index in [4.69, 9.17) is 0 Å². The molecular formula is C23H29N3O2. The molecule has 3 unspecified atom stereocenters. The van der Waals surface area contributed by atoms with Gasteiger partial charge in [0.05, 0.1) is 5.92 Å². The van der Waals surface area contributed by atoms with Gasteiger partial charge in [0.25, 0.3) is 0 Å². The van der Waals surface area contributed by atoms with Crippen LogP contribution in [0.3, 0.4) is 0 Å². The van der Waals surface area contributed by atoms with Crippen molar-refractivity contribution in [3.63, 3.8) is 0 Å². The molecule has 0 spiro atoms. The van der Waals surface area contributed by atoms with E-state index in [9.17, 15) is 10.0 Å². The largest absolute Gasteiger partial charge is 0.369 e. The van der Waals surface area contributed by atoms with E-state index in [2.05, 4.69) is 60.0 Å². The van der Waals surface area contributed by atoms with E-state index in [-0.39, 0.29) is 23.7 Å². The fourth-order valence-corrected chi connectivity index (χ4v) is 4.64. The number of nitrogens with zero attached hydrogens (tertiary/aromatic N) is 2. The van der Waals surface area contributed by atoms with Crippen molar-refractivity contribution >= 4 is 11.6 Å². The Morgan fingerprint density at radius 1 is 0.964 bits per heavy atom. The summed E-state index contributed by atoms with van der Waals surface area (Å²) in [4.78, 5) is 17.2. The minimum Gasteiger partial charge on any atom is -0.369 e. The fraction of sp³-hybridized carbons (Fsp3) is 0.435. The van der Waals surface area contributed by atoms with E-state index in [1.807, 2.05) is 23.7 Å². The first kappa shape index (κ1) is 19.0. The maximum Gasteiger partial charge on any atom is 0.247 e. The van der Waals surface area contributed by atoms with Crippen LogP contribution in [-0.4, -0.2) is 48.2 Å². The number of carbonyl (C=O) groups excluding carboxylic acids is 1. The number of piperazine rings is 1. The van der Waals surface area contributed by atoms with Gasteiger partial charge in [0.2, 0.25) is 5.91 Å². The van der Waals surface area contributed by atoms with Crippen molar-refractivity contribution in [2.75, 3.05) is 31.1 Å². The molecular weight excluding hydrogens is 350 g/mol. The molecule has 0 bridgehead atoms. The van der Waals surface area contributed by atoms with E-state index in [1.165, 1.54) is 11.3 Å². The average molecular weight is 380 g/mol. The summed E-state index contributed by atoms with van der Waals surface area (Å²) in [5, 5.41) is 9.19. The number of carbonyl (C=O) groups is 1. The minimum absolute atomic E-state index is 0.103. The molecule has 1 amide bonds. The summed E-state index contributed by atoms with van der Waals surface area (Å²) in [6.45, 7) is 8.70. The minimum atomic E-state index is -0.296. The van der Waals surface area contributed by atoms with Gasteiger partial charge in [0.15, 0.2) is 0 Å². The van der Waals surface area contributed by atoms with Gasteiger partial charge in [-0.2, -0.15) is 0 Å². The van der Waals surface area contributed by atoms with E-state index < -0.39 is 0 Å². The maximum atomic E-state index is 12.3. The number of amides is 1. The molecule has 0 aromatic heterocycles. The summed E-state index contributed by atoms with van der Waals surface area (Å²) < 4.78 is 0. The SMILES string of the molecule is CC(C)N1CCN(c2cccc(C3C(C(=O)NO)C3c3ccccc3)c2)CC1. The number of anilines is 1. The zero-order valence-electron chi connectivity index (χ0n) is 16.6. The number of nitrogens with one attached hydrogen (secondary N) is 1. The lowest BCUT2D eigenvalue weighted by Crippen LogP contribution is -2.48. The summed E-state index contributed by atoms with van der Waals surface area (Å²) in [6.07, 6.45) is 0. The molecule has 5 heteroatoms. The highest BCUT2D eigenvalue weighted by molar-refractivity contribution is 5.84. The predicted octanol–water partition coefficient (Wildman–Crippen LogP) is 3.22. The van der Waals surface area contributed by atoms with Gasteiger partial charge < -0.3 is 4.90 Å². The summed E-state index contributed by atoms with van der Waals surface area (Å²) in [6, 6.07) is 19.3. The van der Waals surface area contributed by atoms with Crippen LogP contribution in [0.25, 0.3) is 0 Å². The Kier molecular flexibility index (Phi) is 5.38. The van der Waals surface area contributed by atoms with Gasteiger partial charge in [-0.15, -0.1) is 0 Å². The number of hydrogen-bond acceptors (Lipinski definition) is 4. The predicted molar refractivity (Wildman–Crippen MR) is 111 cm³/mol. The number of hydrogen-bond donors (Lipinski definition) is 2. The van der Waals surface area contributed by atoms with Crippen molar-refractivity contribution in [3.05, 3.63) is 65.7 Å². The molecule has 3 atom stereocenters. The first-order chi connectivity index (χ1) is 13.6. The van der Waals surface area contributed by atoms with Crippen LogP contribution in [0.15, 0.2) is 54.6 Å². The third-order valence-electron chi connectivity index (χ3n) is 6.28. The lowest BCUT2D eigenvalue weighted by atomic mass is 10.0. The van der Waals surface area contributed by atoms with Crippen molar-refractivity contribution in [1.29, 1.82) is 0 Å². The van der Waals surface area contributed by atoms with Gasteiger partial charge in [0.1, 0.15) is 0 Å². The monoisotopic (exact) mass is 379 g/mol. The van der Waals surface area contributed by atoms with Crippen LogP contribution < -0.4 is 10.4 Å². The summed E-state index contributed by atoms with van der Waals surface area (Å²) in [5.74, 6) is -0.303. The van der Waals surface area contributed by atoms with Crippen LogP contribution in [0.5, 0.6) is 0 Å². The van der Waals surface area contributed by atoms with Crippen LogP contribution >= 0.6 is 0 Å². The topological polar surface area (TPSA) is 55.8 Å². The highest BCUT2D eigenvalue weighted by Gasteiger charge is 2.56. The Bertz CT molecular complexity index is 816. The number of benzene rings is 2. The number of hydroxylamine groups is 1. The molecule has 5 nitrogen and oxygen atoms in total. The zero-order valence-corrected chi connectivity index (χ0v) is 16.6. The highest BCUT2D eigenvalue weighted by Crippen LogP contribution is 2.60. The van der Waals surface area contributed by atoms with Crippen LogP contribution in [0, 0.1) is 5.92 Å². The zero-order chi connectivity index (χ0) is 19.7. The van der Waals surface area contributed by atoms with E-state index in [0.29, 0.717) is 6.04 Å². The lowest BCUT2D eigenvalue weighted by Gasteiger charge is -2.38. The first-order valence-electron chi connectivity index (χ1n) is 10.2. The highest BCUT2D eigenvalue weighted by atomic mass is 16.5. The quantitative estimate of drug-likeness (QED) is 0.619. The summed E-state index contributed by atoms with van der Waals surface area (Å²) >= 11 is 0. The molecule has 4 rings (SSSR count). The second kappa shape index (κ2) is 7.94. The molecule has 28 heavy (non-hydrogen) atoms. The Morgan fingerprint density at radius 3 is 2.25 bits per heavy atom. The van der Waals surface area contributed by atoms with Crippen LogP contribution in [0.2, 0.25) is 0 Å². The van der Waals surface area contributed by atoms with Gasteiger partial charge in [-0.05, 0) is 37.1 Å². The Labute approximate surface area is 166 Å². The van der Waals surface area contributed by atoms with Crippen LogP contribution in [0.1, 0.15) is 36.8 Å². The van der Waals surface area contributed by atoms with Crippen LogP contribution in [0.4, 0.5) is 5.69 Å². The van der Waals surface area contributed by atoms with Gasteiger partial charge in [-0.3, -0.25) is 14.9 Å². The first-order valence-corrected chi connectivity index (χ1v) is 10.2. The Hall–Kier alpha value is -2.37. The van der Waals surface area contributed by atoms with Gasteiger partial charge >= 0.3 is 0 Å². The van der Waals surface area contributed by atoms with Gasteiger partial charge in [-0.1, -0.05) is 42.5 Å². The molecule has 1 heterocycles. The molecule has 1 saturated heterocycles. The third-order valence-corrected chi connectivity index (χ3v) is 6.28. The molecule has 2 fully saturated rings. The normalized spacial score (nSPS) is 25.0. The van der Waals surface area contributed by atoms with E-state index >= 15 is 0 Å². The summed E-state index contributed by atoms with van der Waals surface area (Å²) in [7, 11) is 0. The smallest absolute Gasteiger partial charge is 0.247 e. The van der Waals surface area contributed by atoms with E-state index in [1.54, 1.807) is 0 Å². The second-order valence-electron chi connectivity index (χ2n) is 8.18. The van der Waals surface area contributed by atoms with Crippen molar-refractivity contribution in [2.45, 2.75) is 31.7 Å². The van der Waals surface area contributed by atoms with Gasteiger partial charge in [-0.25, -0.2) is 5.48 Å². The van der Waals surface area contributed by atoms with E-state index in [0.717, 1.165) is 31.7 Å². The molecule has 2 N–H and O–H groups in total. The molecule has 2 aliphatic rings. The molecule has 148 valence electrons. The molecule has 2 aromatic rings. The molecule has 1 aliphatic heterocycles. The van der Waals surface area contributed by atoms with Gasteiger partial charge in [0, 0.05) is 49.7 Å².